The molecule has 0 aliphatic rings. The van der Waals surface area contributed by atoms with Gasteiger partial charge >= 0.3 is 0 Å². The minimum atomic E-state index is -0.845. The number of nitrogens with zero attached hydrogens (tertiary/aromatic N) is 1. The summed E-state index contributed by atoms with van der Waals surface area (Å²) < 4.78 is 0. The molecule has 88 valence electrons. The van der Waals surface area contributed by atoms with Crippen LogP contribution in [0.2, 0.25) is 15.1 Å². The third-order valence-electron chi connectivity index (χ3n) is 2.29. The number of hydrogen-bond donors (Lipinski definition) is 1. The maximum atomic E-state index is 10.1. The summed E-state index contributed by atoms with van der Waals surface area (Å²) in [4.78, 5) is 4.05. The van der Waals surface area contributed by atoms with E-state index < -0.39 is 6.10 Å². The van der Waals surface area contributed by atoms with Crippen LogP contribution in [0.4, 0.5) is 0 Å². The van der Waals surface area contributed by atoms with Gasteiger partial charge in [0.25, 0.3) is 0 Å². The largest absolute Gasteiger partial charge is 0.382 e. The molecule has 17 heavy (non-hydrogen) atoms. The highest BCUT2D eigenvalue weighted by Gasteiger charge is 2.13. The van der Waals surface area contributed by atoms with Crippen LogP contribution < -0.4 is 0 Å². The molecule has 1 atom stereocenters. The van der Waals surface area contributed by atoms with E-state index in [9.17, 15) is 5.11 Å². The van der Waals surface area contributed by atoms with Crippen molar-refractivity contribution in [3.05, 3.63) is 62.9 Å². The van der Waals surface area contributed by atoms with Crippen molar-refractivity contribution in [2.24, 2.45) is 0 Å². The lowest BCUT2D eigenvalue weighted by Crippen LogP contribution is -2.01. The first kappa shape index (κ1) is 12.7. The van der Waals surface area contributed by atoms with Crippen molar-refractivity contribution in [1.82, 2.24) is 4.98 Å². The second kappa shape index (κ2) is 5.23. The monoisotopic (exact) mass is 287 g/mol. The molecule has 2 nitrogen and oxygen atoms in total. The second-order valence-electron chi connectivity index (χ2n) is 3.48. The highest BCUT2D eigenvalue weighted by Crippen LogP contribution is 2.28. The SMILES string of the molecule is OC(c1ccc(Cl)c(Cl)c1)c1ccc(Cl)cn1. The first-order valence-corrected chi connectivity index (χ1v) is 5.96. The molecule has 0 aliphatic carbocycles. The molecule has 1 N–H and O–H groups in total. The van der Waals surface area contributed by atoms with Crippen molar-refractivity contribution in [2.45, 2.75) is 6.10 Å². The summed E-state index contributed by atoms with van der Waals surface area (Å²) in [6.07, 6.45) is 0.638. The van der Waals surface area contributed by atoms with E-state index in [-0.39, 0.29) is 0 Å². The molecule has 2 rings (SSSR count). The van der Waals surface area contributed by atoms with Gasteiger partial charge in [-0.3, -0.25) is 4.98 Å². The van der Waals surface area contributed by atoms with Gasteiger partial charge in [-0.25, -0.2) is 0 Å². The summed E-state index contributed by atoms with van der Waals surface area (Å²) in [5, 5.41) is 11.5. The average molecular weight is 289 g/mol. The van der Waals surface area contributed by atoms with E-state index in [1.54, 1.807) is 30.3 Å². The van der Waals surface area contributed by atoms with Gasteiger partial charge in [0, 0.05) is 6.20 Å². The lowest BCUT2D eigenvalue weighted by molar-refractivity contribution is 0.215. The van der Waals surface area contributed by atoms with Gasteiger partial charge in [-0.05, 0) is 29.8 Å². The van der Waals surface area contributed by atoms with E-state index in [2.05, 4.69) is 4.98 Å². The Kier molecular flexibility index (Phi) is 3.89. The summed E-state index contributed by atoms with van der Waals surface area (Å²) in [5.41, 5.74) is 1.14. The lowest BCUT2D eigenvalue weighted by atomic mass is 10.1. The van der Waals surface area contributed by atoms with Gasteiger partial charge in [-0.2, -0.15) is 0 Å². The van der Waals surface area contributed by atoms with Crippen LogP contribution in [0.1, 0.15) is 17.4 Å². The Labute approximate surface area is 114 Å². The number of aliphatic hydroxyl groups excluding tert-OH is 1. The van der Waals surface area contributed by atoms with Crippen LogP contribution in [0.25, 0.3) is 0 Å². The molecule has 0 radical (unpaired) electrons. The molecule has 0 bridgehead atoms. The molecule has 1 unspecified atom stereocenters. The Morgan fingerprint density at radius 1 is 1.00 bits per heavy atom. The molecule has 2 aromatic rings. The quantitative estimate of drug-likeness (QED) is 0.901. The molecule has 0 aliphatic heterocycles. The van der Waals surface area contributed by atoms with Crippen LogP contribution in [0, 0.1) is 0 Å². The Morgan fingerprint density at radius 3 is 2.35 bits per heavy atom. The molecule has 0 amide bonds. The van der Waals surface area contributed by atoms with Gasteiger partial charge in [0.2, 0.25) is 0 Å². The van der Waals surface area contributed by atoms with E-state index in [0.717, 1.165) is 0 Å². The van der Waals surface area contributed by atoms with Crippen molar-refractivity contribution in [2.75, 3.05) is 0 Å². The summed E-state index contributed by atoms with van der Waals surface area (Å²) in [6, 6.07) is 8.29. The number of aromatic nitrogens is 1. The van der Waals surface area contributed by atoms with E-state index in [0.29, 0.717) is 26.3 Å². The third-order valence-corrected chi connectivity index (χ3v) is 3.25. The summed E-state index contributed by atoms with van der Waals surface area (Å²) >= 11 is 17.4. The van der Waals surface area contributed by atoms with Crippen molar-refractivity contribution in [3.63, 3.8) is 0 Å². The highest BCUT2D eigenvalue weighted by atomic mass is 35.5. The van der Waals surface area contributed by atoms with Crippen molar-refractivity contribution < 1.29 is 5.11 Å². The number of rotatable bonds is 2. The fourth-order valence-electron chi connectivity index (χ4n) is 1.40. The molecule has 0 spiro atoms. The van der Waals surface area contributed by atoms with Gasteiger partial charge in [-0.15, -0.1) is 0 Å². The van der Waals surface area contributed by atoms with Crippen molar-refractivity contribution in [3.8, 4) is 0 Å². The topological polar surface area (TPSA) is 33.1 Å². The number of benzene rings is 1. The third kappa shape index (κ3) is 2.90. The molecule has 1 heterocycles. The van der Waals surface area contributed by atoms with Gasteiger partial charge in [0.1, 0.15) is 6.10 Å². The number of pyridine rings is 1. The zero-order valence-electron chi connectivity index (χ0n) is 8.57. The zero-order chi connectivity index (χ0) is 12.4. The highest BCUT2D eigenvalue weighted by molar-refractivity contribution is 6.42. The maximum Gasteiger partial charge on any atom is 0.121 e. The van der Waals surface area contributed by atoms with Crippen LogP contribution in [0.15, 0.2) is 36.5 Å². The summed E-state index contributed by atoms with van der Waals surface area (Å²) in [6.45, 7) is 0. The van der Waals surface area contributed by atoms with E-state index >= 15 is 0 Å². The maximum absolute atomic E-state index is 10.1. The van der Waals surface area contributed by atoms with Crippen LogP contribution in [-0.4, -0.2) is 10.1 Å². The summed E-state index contributed by atoms with van der Waals surface area (Å²) in [5.74, 6) is 0. The average Bonchev–Trinajstić information content (AvgIpc) is 2.33. The number of hydrogen-bond acceptors (Lipinski definition) is 2. The zero-order valence-corrected chi connectivity index (χ0v) is 10.8. The molecule has 5 heteroatoms. The molecule has 1 aromatic heterocycles. The Morgan fingerprint density at radius 2 is 1.76 bits per heavy atom. The normalized spacial score (nSPS) is 12.5. The minimum absolute atomic E-state index is 0.400. The van der Waals surface area contributed by atoms with Gasteiger partial charge in [0.15, 0.2) is 0 Å². The standard InChI is InChI=1S/C12H8Cl3NO/c13-8-2-4-11(16-6-8)12(17)7-1-3-9(14)10(15)5-7/h1-6,12,17H. The van der Waals surface area contributed by atoms with Crippen LogP contribution in [-0.2, 0) is 0 Å². The van der Waals surface area contributed by atoms with Crippen LogP contribution in [0.3, 0.4) is 0 Å². The second-order valence-corrected chi connectivity index (χ2v) is 4.73. The fraction of sp³-hybridized carbons (Fsp3) is 0.0833. The molecular formula is C12H8Cl3NO. The van der Waals surface area contributed by atoms with Crippen molar-refractivity contribution >= 4 is 34.8 Å². The lowest BCUT2D eigenvalue weighted by Gasteiger charge is -2.11. The minimum Gasteiger partial charge on any atom is -0.382 e. The molecule has 1 aromatic carbocycles. The molecular weight excluding hydrogens is 280 g/mol. The van der Waals surface area contributed by atoms with Gasteiger partial charge in [-0.1, -0.05) is 40.9 Å². The molecule has 0 fully saturated rings. The van der Waals surface area contributed by atoms with Crippen molar-refractivity contribution in [1.29, 1.82) is 0 Å². The summed E-state index contributed by atoms with van der Waals surface area (Å²) in [7, 11) is 0. The Balaban J connectivity index is 2.33. The first-order valence-electron chi connectivity index (χ1n) is 4.82. The van der Waals surface area contributed by atoms with E-state index in [1.807, 2.05) is 0 Å². The predicted octanol–water partition coefficient (Wildman–Crippen LogP) is 4.12. The fourth-order valence-corrected chi connectivity index (χ4v) is 1.82. The van der Waals surface area contributed by atoms with E-state index in [4.69, 9.17) is 34.8 Å². The first-order chi connectivity index (χ1) is 8.08. The molecule has 0 saturated heterocycles. The smallest absolute Gasteiger partial charge is 0.121 e. The van der Waals surface area contributed by atoms with Crippen LogP contribution in [0.5, 0.6) is 0 Å². The van der Waals surface area contributed by atoms with Gasteiger partial charge in [0.05, 0.1) is 20.8 Å². The number of halogens is 3. The van der Waals surface area contributed by atoms with Gasteiger partial charge < -0.3 is 5.11 Å². The molecule has 0 saturated carbocycles. The van der Waals surface area contributed by atoms with Crippen LogP contribution >= 0.6 is 34.8 Å². The number of aliphatic hydroxyl groups is 1. The Bertz CT molecular complexity index is 528. The van der Waals surface area contributed by atoms with E-state index in [1.165, 1.54) is 6.20 Å². The predicted molar refractivity (Wildman–Crippen MR) is 69.8 cm³/mol. The Hall–Kier alpha value is -0.800.